The number of carbonyl (C=O) groups is 1. The van der Waals surface area contributed by atoms with Crippen LogP contribution in [0, 0.1) is 21.4 Å². The molecule has 0 saturated carbocycles. The molecule has 3 rings (SSSR count). The molecular weight excluding hydrogens is 470 g/mol. The molecule has 33 heavy (non-hydrogen) atoms. The van der Waals surface area contributed by atoms with E-state index in [0.29, 0.717) is 16.3 Å². The normalized spacial score (nSPS) is 11.3. The number of benzene rings is 3. The van der Waals surface area contributed by atoms with Crippen LogP contribution in [0.5, 0.6) is 5.75 Å². The molecule has 1 amide bonds. The molecule has 0 aliphatic heterocycles. The molecule has 9 nitrogen and oxygen atoms in total. The lowest BCUT2D eigenvalue weighted by Gasteiger charge is -2.08. The number of carbonyl (C=O) groups excluding carboxylic acids is 1. The molecule has 0 heterocycles. The monoisotopic (exact) mass is 483 g/mol. The number of halogens is 1. The van der Waals surface area contributed by atoms with Gasteiger partial charge in [-0.15, -0.1) is 0 Å². The Kier molecular flexibility index (Phi) is 7.07. The number of amides is 1. The number of hydrogen-bond acceptors (Lipinski definition) is 7. The SMILES string of the molecule is N#C/C(=C/c1cccc(OS(=O)(=O)c2ccc([N+](=O)[O-])cc2)c1)C(=O)Nc1ccc(Cl)cc1. The Bertz CT molecular complexity index is 1380. The molecule has 0 fully saturated rings. The predicted molar refractivity (Wildman–Crippen MR) is 121 cm³/mol. The van der Waals surface area contributed by atoms with E-state index in [1.165, 1.54) is 24.3 Å². The van der Waals surface area contributed by atoms with E-state index in [9.17, 15) is 28.6 Å². The summed E-state index contributed by atoms with van der Waals surface area (Å²) in [5, 5.41) is 23.2. The summed E-state index contributed by atoms with van der Waals surface area (Å²) in [7, 11) is -4.27. The number of hydrogen-bond donors (Lipinski definition) is 1. The topological polar surface area (TPSA) is 139 Å². The number of non-ortho nitro benzene ring substituents is 1. The average Bonchev–Trinajstić information content (AvgIpc) is 2.79. The van der Waals surface area contributed by atoms with Gasteiger partial charge in [-0.2, -0.15) is 13.7 Å². The molecule has 11 heteroatoms. The third-order valence-electron chi connectivity index (χ3n) is 4.18. The average molecular weight is 484 g/mol. The smallest absolute Gasteiger partial charge is 0.339 e. The van der Waals surface area contributed by atoms with Crippen molar-refractivity contribution in [2.24, 2.45) is 0 Å². The predicted octanol–water partition coefficient (Wildman–Crippen LogP) is 4.56. The van der Waals surface area contributed by atoms with Crippen molar-refractivity contribution < 1.29 is 22.3 Å². The lowest BCUT2D eigenvalue weighted by atomic mass is 10.1. The van der Waals surface area contributed by atoms with Crippen molar-refractivity contribution in [3.63, 3.8) is 0 Å². The van der Waals surface area contributed by atoms with Gasteiger partial charge >= 0.3 is 10.1 Å². The van der Waals surface area contributed by atoms with E-state index in [4.69, 9.17) is 15.8 Å². The molecule has 0 bridgehead atoms. The Labute approximate surface area is 193 Å². The van der Waals surface area contributed by atoms with Gasteiger partial charge in [0.25, 0.3) is 11.6 Å². The van der Waals surface area contributed by atoms with Crippen LogP contribution in [0.4, 0.5) is 11.4 Å². The Morgan fingerprint density at radius 3 is 2.36 bits per heavy atom. The summed E-state index contributed by atoms with van der Waals surface area (Å²) < 4.78 is 30.0. The second-order valence-electron chi connectivity index (χ2n) is 6.49. The first-order chi connectivity index (χ1) is 15.7. The van der Waals surface area contributed by atoms with Crippen LogP contribution in [0.1, 0.15) is 5.56 Å². The third-order valence-corrected chi connectivity index (χ3v) is 5.69. The molecule has 3 aromatic rings. The maximum absolute atomic E-state index is 12.5. The summed E-state index contributed by atoms with van der Waals surface area (Å²) in [5.74, 6) is -0.734. The second kappa shape index (κ2) is 9.95. The fourth-order valence-corrected chi connectivity index (χ4v) is 3.66. The molecule has 0 unspecified atom stereocenters. The minimum atomic E-state index is -4.27. The molecule has 0 atom stereocenters. The van der Waals surface area contributed by atoms with Crippen molar-refractivity contribution >= 4 is 45.1 Å². The highest BCUT2D eigenvalue weighted by molar-refractivity contribution is 7.87. The number of nitrogens with one attached hydrogen (secondary N) is 1. The molecule has 1 N–H and O–H groups in total. The number of nitriles is 1. The lowest BCUT2D eigenvalue weighted by molar-refractivity contribution is -0.384. The van der Waals surface area contributed by atoms with E-state index in [0.717, 1.165) is 24.3 Å². The summed E-state index contributed by atoms with van der Waals surface area (Å²) in [4.78, 5) is 22.2. The molecule has 0 aromatic heterocycles. The maximum atomic E-state index is 12.5. The molecule has 3 aromatic carbocycles. The highest BCUT2D eigenvalue weighted by Gasteiger charge is 2.18. The quantitative estimate of drug-likeness (QED) is 0.171. The van der Waals surface area contributed by atoms with Crippen LogP contribution in [-0.4, -0.2) is 19.2 Å². The summed E-state index contributed by atoms with van der Waals surface area (Å²) >= 11 is 5.81. The van der Waals surface area contributed by atoms with Gasteiger partial charge in [0.1, 0.15) is 22.3 Å². The molecule has 0 radical (unpaired) electrons. The zero-order valence-electron chi connectivity index (χ0n) is 16.6. The Morgan fingerprint density at radius 2 is 1.76 bits per heavy atom. The summed E-state index contributed by atoms with van der Waals surface area (Å²) in [6.07, 6.45) is 1.27. The van der Waals surface area contributed by atoms with Crippen molar-refractivity contribution in [3.05, 3.63) is 99.1 Å². The van der Waals surface area contributed by atoms with E-state index in [1.807, 2.05) is 0 Å². The van der Waals surface area contributed by atoms with Crippen LogP contribution in [0.3, 0.4) is 0 Å². The Hall–Kier alpha value is -4.20. The van der Waals surface area contributed by atoms with E-state index in [1.54, 1.807) is 36.4 Å². The van der Waals surface area contributed by atoms with E-state index in [-0.39, 0.29) is 21.9 Å². The number of nitrogens with zero attached hydrogens (tertiary/aromatic N) is 2. The van der Waals surface area contributed by atoms with Gasteiger partial charge in [0, 0.05) is 22.8 Å². The molecule has 0 saturated heterocycles. The lowest BCUT2D eigenvalue weighted by Crippen LogP contribution is -2.13. The minimum absolute atomic E-state index is 0.0718. The van der Waals surface area contributed by atoms with E-state index in [2.05, 4.69) is 5.32 Å². The van der Waals surface area contributed by atoms with E-state index < -0.39 is 20.9 Å². The van der Waals surface area contributed by atoms with Crippen LogP contribution in [0.15, 0.2) is 83.3 Å². The molecule has 0 aliphatic carbocycles. The van der Waals surface area contributed by atoms with Crippen molar-refractivity contribution in [1.82, 2.24) is 0 Å². The second-order valence-corrected chi connectivity index (χ2v) is 8.47. The van der Waals surface area contributed by atoms with Crippen LogP contribution in [0.25, 0.3) is 6.08 Å². The molecule has 0 spiro atoms. The standard InChI is InChI=1S/C22H14ClN3O6S/c23-17-4-6-18(7-5-17)25-22(27)16(14-24)12-15-2-1-3-20(13-15)32-33(30,31)21-10-8-19(9-11-21)26(28)29/h1-13H,(H,25,27)/b16-12-. The summed E-state index contributed by atoms with van der Waals surface area (Å²) in [5.41, 5.74) is 0.299. The van der Waals surface area contributed by atoms with Gasteiger partial charge in [-0.05, 0) is 60.2 Å². The number of nitro benzene ring substituents is 1. The first-order valence-electron chi connectivity index (χ1n) is 9.16. The number of nitro groups is 1. The molecule has 166 valence electrons. The van der Waals surface area contributed by atoms with Gasteiger partial charge in [0.15, 0.2) is 0 Å². The van der Waals surface area contributed by atoms with Crippen LogP contribution in [-0.2, 0) is 14.9 Å². The van der Waals surface area contributed by atoms with Crippen LogP contribution >= 0.6 is 11.6 Å². The van der Waals surface area contributed by atoms with Gasteiger partial charge in [0.2, 0.25) is 0 Å². The fraction of sp³-hybridized carbons (Fsp3) is 0. The number of rotatable bonds is 7. The van der Waals surface area contributed by atoms with Gasteiger partial charge in [-0.25, -0.2) is 0 Å². The van der Waals surface area contributed by atoms with E-state index >= 15 is 0 Å². The maximum Gasteiger partial charge on any atom is 0.339 e. The van der Waals surface area contributed by atoms with Gasteiger partial charge in [-0.3, -0.25) is 14.9 Å². The van der Waals surface area contributed by atoms with Crippen LogP contribution < -0.4 is 9.50 Å². The van der Waals surface area contributed by atoms with Crippen molar-refractivity contribution in [3.8, 4) is 11.8 Å². The van der Waals surface area contributed by atoms with Gasteiger partial charge in [0.05, 0.1) is 4.92 Å². The van der Waals surface area contributed by atoms with Gasteiger partial charge in [-0.1, -0.05) is 23.7 Å². The first-order valence-corrected chi connectivity index (χ1v) is 10.9. The minimum Gasteiger partial charge on any atom is -0.379 e. The largest absolute Gasteiger partial charge is 0.379 e. The van der Waals surface area contributed by atoms with Crippen molar-refractivity contribution in [1.29, 1.82) is 5.26 Å². The Morgan fingerprint density at radius 1 is 1.09 bits per heavy atom. The Balaban J connectivity index is 1.79. The summed E-state index contributed by atoms with van der Waals surface area (Å²) in [6.45, 7) is 0. The van der Waals surface area contributed by atoms with Crippen molar-refractivity contribution in [2.45, 2.75) is 4.90 Å². The molecule has 0 aliphatic rings. The molecular formula is C22H14ClN3O6S. The first kappa shape index (κ1) is 23.5. The van der Waals surface area contributed by atoms with Crippen LogP contribution in [0.2, 0.25) is 5.02 Å². The van der Waals surface area contributed by atoms with Crippen molar-refractivity contribution in [2.75, 3.05) is 5.32 Å². The fourth-order valence-electron chi connectivity index (χ4n) is 2.61. The zero-order chi connectivity index (χ0) is 24.0. The number of anilines is 1. The highest BCUT2D eigenvalue weighted by Crippen LogP contribution is 2.23. The van der Waals surface area contributed by atoms with Gasteiger partial charge < -0.3 is 9.50 Å². The third kappa shape index (κ3) is 6.16. The zero-order valence-corrected chi connectivity index (χ0v) is 18.2. The highest BCUT2D eigenvalue weighted by atomic mass is 35.5. The summed E-state index contributed by atoms with van der Waals surface area (Å²) in [6, 6.07) is 18.1.